The van der Waals surface area contributed by atoms with Crippen LogP contribution in [0.1, 0.15) is 24.8 Å². The SMILES string of the molecule is O=C1CN(CC(=O)N2CCCC2c2nc(-c3ccccc3)no2)CCN1. The van der Waals surface area contributed by atoms with Crippen molar-refractivity contribution in [2.75, 3.05) is 32.7 Å². The highest BCUT2D eigenvalue weighted by atomic mass is 16.5. The van der Waals surface area contributed by atoms with E-state index in [4.69, 9.17) is 4.52 Å². The third-order valence-corrected chi connectivity index (χ3v) is 4.81. The first-order valence-electron chi connectivity index (χ1n) is 8.88. The number of piperazine rings is 1. The number of amides is 2. The maximum atomic E-state index is 12.7. The molecular weight excluding hydrogens is 334 g/mol. The number of carbonyl (C=O) groups is 2. The molecule has 2 saturated heterocycles. The average Bonchev–Trinajstić information content (AvgIpc) is 3.32. The summed E-state index contributed by atoms with van der Waals surface area (Å²) in [4.78, 5) is 32.4. The summed E-state index contributed by atoms with van der Waals surface area (Å²) in [5.74, 6) is 0.978. The number of nitrogens with zero attached hydrogens (tertiary/aromatic N) is 4. The first-order chi connectivity index (χ1) is 12.7. The van der Waals surface area contributed by atoms with Crippen LogP contribution >= 0.6 is 0 Å². The van der Waals surface area contributed by atoms with E-state index in [1.54, 1.807) is 4.90 Å². The second kappa shape index (κ2) is 7.25. The van der Waals surface area contributed by atoms with Crippen LogP contribution in [0.15, 0.2) is 34.9 Å². The lowest BCUT2D eigenvalue weighted by Crippen LogP contribution is -2.51. The van der Waals surface area contributed by atoms with E-state index in [9.17, 15) is 9.59 Å². The van der Waals surface area contributed by atoms with Gasteiger partial charge in [0.2, 0.25) is 23.5 Å². The molecule has 0 radical (unpaired) electrons. The van der Waals surface area contributed by atoms with Crippen LogP contribution in [0.25, 0.3) is 11.4 Å². The van der Waals surface area contributed by atoms with Crippen molar-refractivity contribution in [3.05, 3.63) is 36.2 Å². The zero-order valence-electron chi connectivity index (χ0n) is 14.4. The van der Waals surface area contributed by atoms with E-state index in [1.807, 2.05) is 35.2 Å². The highest BCUT2D eigenvalue weighted by Gasteiger charge is 2.35. The molecule has 1 atom stereocenters. The van der Waals surface area contributed by atoms with Gasteiger partial charge in [-0.25, -0.2) is 0 Å². The summed E-state index contributed by atoms with van der Waals surface area (Å²) in [7, 11) is 0. The molecule has 1 aromatic carbocycles. The fraction of sp³-hybridized carbons (Fsp3) is 0.444. The summed E-state index contributed by atoms with van der Waals surface area (Å²) in [5, 5.41) is 6.83. The van der Waals surface area contributed by atoms with Crippen molar-refractivity contribution in [1.29, 1.82) is 0 Å². The lowest BCUT2D eigenvalue weighted by molar-refractivity contribution is -0.135. The molecule has 2 fully saturated rings. The summed E-state index contributed by atoms with van der Waals surface area (Å²) in [5.41, 5.74) is 0.887. The Kier molecular flexibility index (Phi) is 4.66. The summed E-state index contributed by atoms with van der Waals surface area (Å²) in [6, 6.07) is 9.44. The number of aromatic nitrogens is 2. The highest BCUT2D eigenvalue weighted by Crippen LogP contribution is 2.32. The van der Waals surface area contributed by atoms with Crippen LogP contribution in [-0.4, -0.2) is 64.5 Å². The van der Waals surface area contributed by atoms with Crippen molar-refractivity contribution in [3.8, 4) is 11.4 Å². The van der Waals surface area contributed by atoms with Gasteiger partial charge in [-0.3, -0.25) is 14.5 Å². The molecule has 1 unspecified atom stereocenters. The number of rotatable bonds is 4. The Labute approximate surface area is 151 Å². The van der Waals surface area contributed by atoms with E-state index >= 15 is 0 Å². The van der Waals surface area contributed by atoms with Crippen LogP contribution in [0.3, 0.4) is 0 Å². The van der Waals surface area contributed by atoms with Crippen LogP contribution in [0.2, 0.25) is 0 Å². The van der Waals surface area contributed by atoms with Crippen molar-refractivity contribution in [3.63, 3.8) is 0 Å². The van der Waals surface area contributed by atoms with Gasteiger partial charge in [0, 0.05) is 25.2 Å². The van der Waals surface area contributed by atoms with E-state index in [0.29, 0.717) is 31.3 Å². The summed E-state index contributed by atoms with van der Waals surface area (Å²) >= 11 is 0. The standard InChI is InChI=1S/C18H21N5O3/c24-15-11-22(10-8-19-15)12-16(25)23-9-4-7-14(23)18-20-17(21-26-18)13-5-2-1-3-6-13/h1-3,5-6,14H,4,7-12H2,(H,19,24). The van der Waals surface area contributed by atoms with Crippen molar-refractivity contribution < 1.29 is 14.1 Å². The Morgan fingerprint density at radius 1 is 1.27 bits per heavy atom. The Balaban J connectivity index is 1.45. The number of nitrogens with one attached hydrogen (secondary N) is 1. The first-order valence-corrected chi connectivity index (χ1v) is 8.88. The van der Waals surface area contributed by atoms with Crippen LogP contribution in [0, 0.1) is 0 Å². The highest BCUT2D eigenvalue weighted by molar-refractivity contribution is 5.82. The van der Waals surface area contributed by atoms with Gasteiger partial charge in [0.1, 0.15) is 6.04 Å². The van der Waals surface area contributed by atoms with Crippen LogP contribution < -0.4 is 5.32 Å². The Hall–Kier alpha value is -2.74. The lowest BCUT2D eigenvalue weighted by atomic mass is 10.2. The molecule has 1 N–H and O–H groups in total. The van der Waals surface area contributed by atoms with E-state index in [0.717, 1.165) is 18.4 Å². The molecule has 0 spiro atoms. The smallest absolute Gasteiger partial charge is 0.249 e. The molecule has 2 aliphatic rings. The molecule has 2 amide bonds. The molecule has 0 aliphatic carbocycles. The molecule has 8 nitrogen and oxygen atoms in total. The molecule has 136 valence electrons. The first kappa shape index (κ1) is 16.7. The molecule has 3 heterocycles. The van der Waals surface area contributed by atoms with Crippen molar-refractivity contribution in [1.82, 2.24) is 25.3 Å². The van der Waals surface area contributed by atoms with Gasteiger partial charge in [0.15, 0.2) is 0 Å². The van der Waals surface area contributed by atoms with E-state index in [-0.39, 0.29) is 30.9 Å². The lowest BCUT2D eigenvalue weighted by Gasteiger charge is -2.29. The number of hydrogen-bond donors (Lipinski definition) is 1. The molecular formula is C18H21N5O3. The predicted octanol–water partition coefficient (Wildman–Crippen LogP) is 0.832. The summed E-state index contributed by atoms with van der Waals surface area (Å²) in [6.45, 7) is 2.45. The third-order valence-electron chi connectivity index (χ3n) is 4.81. The second-order valence-corrected chi connectivity index (χ2v) is 6.63. The zero-order chi connectivity index (χ0) is 17.9. The Bertz CT molecular complexity index is 791. The molecule has 26 heavy (non-hydrogen) atoms. The van der Waals surface area contributed by atoms with Gasteiger partial charge in [-0.15, -0.1) is 0 Å². The summed E-state index contributed by atoms with van der Waals surface area (Å²) < 4.78 is 5.46. The van der Waals surface area contributed by atoms with Crippen molar-refractivity contribution in [2.45, 2.75) is 18.9 Å². The fourth-order valence-electron chi connectivity index (χ4n) is 3.51. The molecule has 0 bridgehead atoms. The number of hydrogen-bond acceptors (Lipinski definition) is 6. The zero-order valence-corrected chi connectivity index (χ0v) is 14.4. The summed E-state index contributed by atoms with van der Waals surface area (Å²) in [6.07, 6.45) is 1.71. The maximum Gasteiger partial charge on any atom is 0.249 e. The molecule has 2 aromatic rings. The van der Waals surface area contributed by atoms with Crippen molar-refractivity contribution in [2.24, 2.45) is 0 Å². The monoisotopic (exact) mass is 355 g/mol. The topological polar surface area (TPSA) is 91.6 Å². The number of carbonyl (C=O) groups excluding carboxylic acids is 2. The van der Waals surface area contributed by atoms with Crippen LogP contribution in [0.4, 0.5) is 0 Å². The molecule has 4 rings (SSSR count). The van der Waals surface area contributed by atoms with Gasteiger partial charge in [-0.2, -0.15) is 4.98 Å². The van der Waals surface area contributed by atoms with Crippen LogP contribution in [-0.2, 0) is 9.59 Å². The van der Waals surface area contributed by atoms with Gasteiger partial charge in [-0.05, 0) is 12.8 Å². The molecule has 2 aliphatic heterocycles. The van der Waals surface area contributed by atoms with E-state index < -0.39 is 0 Å². The third kappa shape index (κ3) is 3.45. The average molecular weight is 355 g/mol. The quantitative estimate of drug-likeness (QED) is 0.874. The second-order valence-electron chi connectivity index (χ2n) is 6.63. The van der Waals surface area contributed by atoms with E-state index in [2.05, 4.69) is 15.5 Å². The van der Waals surface area contributed by atoms with Gasteiger partial charge in [0.25, 0.3) is 0 Å². The van der Waals surface area contributed by atoms with Crippen LogP contribution in [0.5, 0.6) is 0 Å². The molecule has 8 heteroatoms. The number of likely N-dealkylation sites (tertiary alicyclic amines) is 1. The normalized spacial score (nSPS) is 21.0. The molecule has 0 saturated carbocycles. The fourth-order valence-corrected chi connectivity index (χ4v) is 3.51. The van der Waals surface area contributed by atoms with Gasteiger partial charge < -0.3 is 14.7 Å². The molecule has 1 aromatic heterocycles. The minimum Gasteiger partial charge on any atom is -0.354 e. The van der Waals surface area contributed by atoms with Crippen molar-refractivity contribution >= 4 is 11.8 Å². The van der Waals surface area contributed by atoms with Gasteiger partial charge in [0.05, 0.1) is 13.1 Å². The predicted molar refractivity (Wildman–Crippen MR) is 92.9 cm³/mol. The number of benzene rings is 1. The minimum absolute atomic E-state index is 0.00154. The van der Waals surface area contributed by atoms with E-state index in [1.165, 1.54) is 0 Å². The Morgan fingerprint density at radius 2 is 2.12 bits per heavy atom. The van der Waals surface area contributed by atoms with Gasteiger partial charge >= 0.3 is 0 Å². The van der Waals surface area contributed by atoms with Gasteiger partial charge in [-0.1, -0.05) is 35.5 Å². The Morgan fingerprint density at radius 3 is 2.92 bits per heavy atom. The minimum atomic E-state index is -0.189. The maximum absolute atomic E-state index is 12.7. The largest absolute Gasteiger partial charge is 0.354 e.